The second-order valence-electron chi connectivity index (χ2n) is 6.44. The predicted molar refractivity (Wildman–Crippen MR) is 86.0 cm³/mol. The molecule has 1 aromatic rings. The highest BCUT2D eigenvalue weighted by molar-refractivity contribution is 9.10. The number of rotatable bonds is 1. The molecule has 0 saturated carbocycles. The summed E-state index contributed by atoms with van der Waals surface area (Å²) in [6.07, 6.45) is 5.51. The molecule has 0 spiro atoms. The van der Waals surface area contributed by atoms with E-state index in [4.69, 9.17) is 11.6 Å². The van der Waals surface area contributed by atoms with Gasteiger partial charge < -0.3 is 4.90 Å². The molecule has 2 rings (SSSR count). The second kappa shape index (κ2) is 6.01. The van der Waals surface area contributed by atoms with Gasteiger partial charge in [0.15, 0.2) is 0 Å². The Bertz CT molecular complexity index is 442. The molecule has 0 aromatic carbocycles. The lowest BCUT2D eigenvalue weighted by Crippen LogP contribution is -2.27. The highest BCUT2D eigenvalue weighted by Gasteiger charge is 2.27. The monoisotopic (exact) mass is 344 g/mol. The van der Waals surface area contributed by atoms with Gasteiger partial charge in [-0.15, -0.1) is 0 Å². The fourth-order valence-electron chi connectivity index (χ4n) is 2.81. The third-order valence-corrected chi connectivity index (χ3v) is 4.83. The summed E-state index contributed by atoms with van der Waals surface area (Å²) in [7, 11) is 0. The first-order valence-electron chi connectivity index (χ1n) is 6.94. The van der Waals surface area contributed by atoms with Gasteiger partial charge in [0.05, 0.1) is 9.50 Å². The van der Waals surface area contributed by atoms with Crippen molar-refractivity contribution in [2.45, 2.75) is 40.0 Å². The van der Waals surface area contributed by atoms with Crippen molar-refractivity contribution in [1.82, 2.24) is 4.98 Å². The minimum atomic E-state index is 0.403. The molecule has 1 aliphatic heterocycles. The third kappa shape index (κ3) is 3.85. The van der Waals surface area contributed by atoms with Crippen LogP contribution < -0.4 is 4.90 Å². The zero-order chi connectivity index (χ0) is 14.0. The van der Waals surface area contributed by atoms with Gasteiger partial charge >= 0.3 is 0 Å². The standard InChI is InChI=1S/C15H22BrClN2/c1-15(2,3)11-5-4-7-19(8-6-11)14-13(16)9-12(17)10-18-14/h9-11H,4-8H2,1-3H3. The number of aromatic nitrogens is 1. The Hall–Kier alpha value is -0.280. The van der Waals surface area contributed by atoms with Gasteiger partial charge in [0.1, 0.15) is 5.82 Å². The Morgan fingerprint density at radius 3 is 2.68 bits per heavy atom. The van der Waals surface area contributed by atoms with Gasteiger partial charge in [0.25, 0.3) is 0 Å². The Morgan fingerprint density at radius 1 is 1.32 bits per heavy atom. The lowest BCUT2D eigenvalue weighted by molar-refractivity contribution is 0.220. The molecule has 0 amide bonds. The largest absolute Gasteiger partial charge is 0.356 e. The van der Waals surface area contributed by atoms with Gasteiger partial charge in [-0.3, -0.25) is 0 Å². The summed E-state index contributed by atoms with van der Waals surface area (Å²) in [4.78, 5) is 6.86. The molecule has 0 aliphatic carbocycles. The van der Waals surface area contributed by atoms with Crippen LogP contribution in [0.25, 0.3) is 0 Å². The Balaban J connectivity index is 2.11. The number of hydrogen-bond donors (Lipinski definition) is 0. The molecule has 0 bridgehead atoms. The Labute approximate surface area is 129 Å². The summed E-state index contributed by atoms with van der Waals surface area (Å²) in [6.45, 7) is 9.21. The molecule has 0 N–H and O–H groups in total. The Morgan fingerprint density at radius 2 is 2.05 bits per heavy atom. The van der Waals surface area contributed by atoms with E-state index in [1.165, 1.54) is 19.3 Å². The number of anilines is 1. The van der Waals surface area contributed by atoms with E-state index in [-0.39, 0.29) is 0 Å². The van der Waals surface area contributed by atoms with E-state index in [0.717, 1.165) is 29.3 Å². The minimum absolute atomic E-state index is 0.403. The topological polar surface area (TPSA) is 16.1 Å². The number of nitrogens with zero attached hydrogens (tertiary/aromatic N) is 2. The quantitative estimate of drug-likeness (QED) is 0.699. The van der Waals surface area contributed by atoms with Crippen LogP contribution in [0.3, 0.4) is 0 Å². The van der Waals surface area contributed by atoms with E-state index in [9.17, 15) is 0 Å². The first-order chi connectivity index (χ1) is 8.88. The van der Waals surface area contributed by atoms with Crippen LogP contribution in [0.1, 0.15) is 40.0 Å². The fourth-order valence-corrected chi connectivity index (χ4v) is 3.70. The molecular formula is C15H22BrClN2. The van der Waals surface area contributed by atoms with Crippen molar-refractivity contribution in [2.75, 3.05) is 18.0 Å². The molecule has 1 saturated heterocycles. The summed E-state index contributed by atoms with van der Waals surface area (Å²) in [5.41, 5.74) is 0.403. The normalized spacial score (nSPS) is 21.3. The molecular weight excluding hydrogens is 324 g/mol. The first kappa shape index (κ1) is 15.1. The van der Waals surface area contributed by atoms with Crippen molar-refractivity contribution in [3.63, 3.8) is 0 Å². The zero-order valence-corrected chi connectivity index (χ0v) is 14.3. The summed E-state index contributed by atoms with van der Waals surface area (Å²) >= 11 is 9.53. The van der Waals surface area contributed by atoms with E-state index >= 15 is 0 Å². The molecule has 106 valence electrons. The summed E-state index contributed by atoms with van der Waals surface area (Å²) in [5.74, 6) is 1.82. The average Bonchev–Trinajstić information content (AvgIpc) is 2.54. The van der Waals surface area contributed by atoms with E-state index in [1.807, 2.05) is 6.07 Å². The molecule has 1 unspecified atom stereocenters. The van der Waals surface area contributed by atoms with Gasteiger partial charge in [-0.05, 0) is 52.6 Å². The predicted octanol–water partition coefficient (Wildman–Crippen LogP) is 5.15. The maximum atomic E-state index is 5.96. The maximum Gasteiger partial charge on any atom is 0.142 e. The molecule has 19 heavy (non-hydrogen) atoms. The van der Waals surface area contributed by atoms with Crippen molar-refractivity contribution >= 4 is 33.3 Å². The highest BCUT2D eigenvalue weighted by Crippen LogP contribution is 2.36. The molecule has 0 radical (unpaired) electrons. The summed E-state index contributed by atoms with van der Waals surface area (Å²) in [6, 6.07) is 1.93. The Kier molecular flexibility index (Phi) is 4.78. The van der Waals surface area contributed by atoms with Crippen molar-refractivity contribution in [3.05, 3.63) is 21.8 Å². The van der Waals surface area contributed by atoms with Crippen LogP contribution in [-0.4, -0.2) is 18.1 Å². The van der Waals surface area contributed by atoms with Crippen LogP contribution in [0.2, 0.25) is 5.02 Å². The maximum absolute atomic E-state index is 5.96. The van der Waals surface area contributed by atoms with Crippen LogP contribution in [0.15, 0.2) is 16.7 Å². The molecule has 2 nitrogen and oxygen atoms in total. The molecule has 2 heterocycles. The van der Waals surface area contributed by atoms with Crippen LogP contribution in [0.5, 0.6) is 0 Å². The molecule has 1 aliphatic rings. The third-order valence-electron chi connectivity index (χ3n) is 4.04. The minimum Gasteiger partial charge on any atom is -0.356 e. The first-order valence-corrected chi connectivity index (χ1v) is 8.11. The van der Waals surface area contributed by atoms with E-state index in [1.54, 1.807) is 6.20 Å². The summed E-state index contributed by atoms with van der Waals surface area (Å²) in [5, 5.41) is 0.679. The van der Waals surface area contributed by atoms with Crippen molar-refractivity contribution < 1.29 is 0 Å². The molecule has 1 fully saturated rings. The molecule has 1 aromatic heterocycles. The second-order valence-corrected chi connectivity index (χ2v) is 7.73. The van der Waals surface area contributed by atoms with E-state index in [2.05, 4.69) is 46.6 Å². The molecule has 1 atom stereocenters. The van der Waals surface area contributed by atoms with Gasteiger partial charge in [-0.25, -0.2) is 4.98 Å². The fraction of sp³-hybridized carbons (Fsp3) is 0.667. The van der Waals surface area contributed by atoms with Crippen molar-refractivity contribution in [3.8, 4) is 0 Å². The van der Waals surface area contributed by atoms with Gasteiger partial charge in [0, 0.05) is 19.3 Å². The van der Waals surface area contributed by atoms with E-state index in [0.29, 0.717) is 10.4 Å². The summed E-state index contributed by atoms with van der Waals surface area (Å²) < 4.78 is 0.995. The lowest BCUT2D eigenvalue weighted by Gasteiger charge is -2.30. The van der Waals surface area contributed by atoms with Crippen molar-refractivity contribution in [1.29, 1.82) is 0 Å². The van der Waals surface area contributed by atoms with Crippen LogP contribution >= 0.6 is 27.5 Å². The molecule has 4 heteroatoms. The van der Waals surface area contributed by atoms with Gasteiger partial charge in [-0.1, -0.05) is 32.4 Å². The van der Waals surface area contributed by atoms with E-state index < -0.39 is 0 Å². The smallest absolute Gasteiger partial charge is 0.142 e. The lowest BCUT2D eigenvalue weighted by atomic mass is 9.77. The number of hydrogen-bond acceptors (Lipinski definition) is 2. The zero-order valence-electron chi connectivity index (χ0n) is 11.9. The van der Waals surface area contributed by atoms with Gasteiger partial charge in [-0.2, -0.15) is 0 Å². The van der Waals surface area contributed by atoms with Crippen molar-refractivity contribution in [2.24, 2.45) is 11.3 Å². The van der Waals surface area contributed by atoms with Gasteiger partial charge in [0.2, 0.25) is 0 Å². The van der Waals surface area contributed by atoms with Crippen LogP contribution in [0, 0.1) is 11.3 Å². The highest BCUT2D eigenvalue weighted by atomic mass is 79.9. The van der Waals surface area contributed by atoms with Crippen LogP contribution in [0.4, 0.5) is 5.82 Å². The number of pyridine rings is 1. The number of halogens is 2. The SMILES string of the molecule is CC(C)(C)C1CCCN(c2ncc(Cl)cc2Br)CC1. The van der Waals surface area contributed by atoms with Crippen LogP contribution in [-0.2, 0) is 0 Å². The average molecular weight is 346 g/mol.